The van der Waals surface area contributed by atoms with Crippen LogP contribution in [0.1, 0.15) is 34.6 Å². The van der Waals surface area contributed by atoms with Gasteiger partial charge in [0.1, 0.15) is 0 Å². The second-order valence-corrected chi connectivity index (χ2v) is 6.91. The van der Waals surface area contributed by atoms with Crippen molar-refractivity contribution < 1.29 is 107 Å². The van der Waals surface area contributed by atoms with Gasteiger partial charge >= 0.3 is 103 Å². The van der Waals surface area contributed by atoms with E-state index in [0.717, 1.165) is 4.02 Å². The number of hydrogen-bond acceptors (Lipinski definition) is 1. The minimum Gasteiger partial charge on any atom is 0 e. The van der Waals surface area contributed by atoms with Crippen molar-refractivity contribution in [3.63, 3.8) is 0 Å². The van der Waals surface area contributed by atoms with Crippen molar-refractivity contribution in [1.82, 2.24) is 4.90 Å². The van der Waals surface area contributed by atoms with Gasteiger partial charge < -0.3 is 0 Å². The first kappa shape index (κ1) is 31.2. The van der Waals surface area contributed by atoms with E-state index in [1.807, 2.05) is 41.0 Å². The third-order valence-electron chi connectivity index (χ3n) is 1.08. The van der Waals surface area contributed by atoms with Gasteiger partial charge in [0, 0.05) is 63.2 Å². The molecule has 0 rings (SSSR count). The van der Waals surface area contributed by atoms with Gasteiger partial charge in [0.05, 0.1) is 0 Å². The van der Waals surface area contributed by atoms with Gasteiger partial charge in [-0.05, 0) is 0 Å². The van der Waals surface area contributed by atoms with Crippen molar-refractivity contribution in [2.45, 2.75) is 40.2 Å². The van der Waals surface area contributed by atoms with E-state index >= 15 is 0 Å². The van der Waals surface area contributed by atoms with E-state index in [1.165, 1.54) is 38.7 Å². The van der Waals surface area contributed by atoms with Crippen LogP contribution in [-0.4, -0.2) is 25.3 Å². The van der Waals surface area contributed by atoms with Gasteiger partial charge in [0.2, 0.25) is 0 Å². The molecule has 0 aliphatic heterocycles. The average molecular weight is 1070 g/mol. The Bertz CT molecular complexity index is 191. The number of hydrogen-bond donors (Lipinski definition) is 0. The van der Waals surface area contributed by atoms with E-state index in [-0.39, 0.29) is 68.7 Å². The molecule has 0 heterocycles. The summed E-state index contributed by atoms with van der Waals surface area (Å²) < 4.78 is 3.89. The summed E-state index contributed by atoms with van der Waals surface area (Å²) in [6, 6.07) is 0. The Hall–Kier alpha value is 2.65. The number of nitrogens with zero attached hydrogens (tertiary/aromatic N) is 1. The zero-order valence-corrected chi connectivity index (χ0v) is 24.6. The largest absolute Gasteiger partial charge is 0 e. The van der Waals surface area contributed by atoms with Crippen molar-refractivity contribution in [3.05, 3.63) is 0 Å². The minimum absolute atomic E-state index is 0. The second kappa shape index (κ2) is 17.7. The van der Waals surface area contributed by atoms with E-state index in [2.05, 4.69) is 4.40 Å². The Morgan fingerprint density at radius 2 is 1.44 bits per heavy atom. The molecule has 0 aromatic carbocycles. The van der Waals surface area contributed by atoms with Crippen LogP contribution in [0.5, 0.6) is 0 Å². The molecule has 0 aliphatic carbocycles. The molecule has 0 aliphatic rings. The zero-order valence-electron chi connectivity index (χ0n) is 9.90. The first-order valence-electron chi connectivity index (χ1n) is 3.78. The van der Waals surface area contributed by atoms with Gasteiger partial charge in [-0.3, -0.25) is 0 Å². The number of carbonyl (C=O) groups excluding carboxylic acids is 1. The van der Waals surface area contributed by atoms with Crippen LogP contribution >= 0.6 is 0 Å². The number of amides is 1. The first-order valence-corrected chi connectivity index (χ1v) is 6.72. The van der Waals surface area contributed by atoms with Crippen molar-refractivity contribution in [2.75, 3.05) is 0 Å². The molecule has 7 heteroatoms. The van der Waals surface area contributed by atoms with Crippen LogP contribution in [0.2, 0.25) is 0 Å². The summed E-state index contributed by atoms with van der Waals surface area (Å²) in [5.41, 5.74) is -0.117. The van der Waals surface area contributed by atoms with Crippen molar-refractivity contribution in [3.8, 4) is 0 Å². The number of rotatable bonds is 2. The molecule has 0 unspecified atom stereocenters. The van der Waals surface area contributed by atoms with Crippen molar-refractivity contribution in [1.29, 1.82) is 0 Å². The summed E-state index contributed by atoms with van der Waals surface area (Å²) in [6.45, 7) is 9.82. The van der Waals surface area contributed by atoms with Gasteiger partial charge in [0.25, 0.3) is 0 Å². The maximum Gasteiger partial charge on any atom is 0 e. The normalized spacial score (nSPS) is 7.56. The topological polar surface area (TPSA) is 20.3 Å². The van der Waals surface area contributed by atoms with Gasteiger partial charge in [-0.1, -0.05) is 0 Å². The van der Waals surface area contributed by atoms with E-state index in [9.17, 15) is 4.79 Å². The summed E-state index contributed by atoms with van der Waals surface area (Å²) in [4.78, 5) is 12.0. The molecular formula is C9H15NOW5-2. The molecule has 0 saturated carbocycles. The van der Waals surface area contributed by atoms with Crippen LogP contribution < -0.4 is 0 Å². The molecule has 16 heavy (non-hydrogen) atoms. The van der Waals surface area contributed by atoms with Crippen LogP contribution in [0.25, 0.3) is 0 Å². The Morgan fingerprint density at radius 1 is 1.19 bits per heavy atom. The van der Waals surface area contributed by atoms with Crippen LogP contribution in [0.15, 0.2) is 0 Å². The maximum atomic E-state index is 10.4. The van der Waals surface area contributed by atoms with Gasteiger partial charge in [-0.25, -0.2) is 0 Å². The van der Waals surface area contributed by atoms with E-state index < -0.39 is 0 Å². The van der Waals surface area contributed by atoms with Crippen LogP contribution in [0, 0.1) is 0 Å². The Balaban J connectivity index is -0.0000000606. The molecule has 0 radical (unpaired) electrons. The summed E-state index contributed by atoms with van der Waals surface area (Å²) in [5, 5.41) is 0. The summed E-state index contributed by atoms with van der Waals surface area (Å²) in [5.74, 6) is 0. The molecule has 2 nitrogen and oxygen atoms in total. The maximum absolute atomic E-state index is 10.4. The van der Waals surface area contributed by atoms with E-state index in [1.54, 1.807) is 4.90 Å². The van der Waals surface area contributed by atoms with Crippen molar-refractivity contribution in [2.24, 2.45) is 0 Å². The molecule has 0 N–H and O–H groups in total. The molecule has 0 aromatic rings. The Morgan fingerprint density at radius 3 is 1.44 bits per heavy atom. The quantitative estimate of drug-likeness (QED) is 0.300. The molecule has 0 aromatic heterocycles. The summed E-state index contributed by atoms with van der Waals surface area (Å²) in [6.07, 6.45) is 1.91. The Labute approximate surface area is 164 Å². The Kier molecular flexibility index (Phi) is 34.4. The molecule has 0 spiro atoms. The molecule has 0 saturated heterocycles. The molecule has 0 fully saturated rings. The summed E-state index contributed by atoms with van der Waals surface area (Å²) in [7, 11) is 0. The van der Waals surface area contributed by atoms with Crippen LogP contribution in [-0.2, 0) is 107 Å². The van der Waals surface area contributed by atoms with Gasteiger partial charge in [-0.2, -0.15) is 0 Å². The predicted molar refractivity (Wildman–Crippen MR) is 48.6 cm³/mol. The van der Waals surface area contributed by atoms with E-state index in [4.69, 9.17) is 0 Å². The van der Waals surface area contributed by atoms with Gasteiger partial charge in [-0.15, -0.1) is 0 Å². The SMILES string of the molecule is C[C-]=[W].C[C](=[W])N([C-]=O)C(C)(C)C.[W].[W].[W]. The average Bonchev–Trinajstić information content (AvgIpc) is 1.85. The second-order valence-electron chi connectivity index (χ2n) is 3.32. The third kappa shape index (κ3) is 19.0. The fraction of sp³-hybridized carbons (Fsp3) is 0.667. The smallest absolute Gasteiger partial charge is 0 e. The molecule has 1 amide bonds. The van der Waals surface area contributed by atoms with Crippen LogP contribution in [0.3, 0.4) is 0 Å². The minimum atomic E-state index is -0.117. The van der Waals surface area contributed by atoms with Crippen LogP contribution in [0.4, 0.5) is 0 Å². The molecule has 0 bridgehead atoms. The fourth-order valence-corrected chi connectivity index (χ4v) is 1.79. The third-order valence-corrected chi connectivity index (χ3v) is 1.73. The van der Waals surface area contributed by atoms with E-state index in [0.29, 0.717) is 0 Å². The molecule has 0 atom stereocenters. The monoisotopic (exact) mass is 1070 g/mol. The fourth-order valence-electron chi connectivity index (χ4n) is 0.674. The summed E-state index contributed by atoms with van der Waals surface area (Å²) >= 11 is 2.73. The predicted octanol–water partition coefficient (Wildman–Crippen LogP) is 1.08. The first-order chi connectivity index (χ1) is 5.81. The molecule has 94 valence electrons. The van der Waals surface area contributed by atoms with Crippen molar-refractivity contribution >= 4 is 14.8 Å². The zero-order chi connectivity index (χ0) is 11.1. The van der Waals surface area contributed by atoms with Gasteiger partial charge in [0.15, 0.2) is 0 Å². The molecular weight excluding hydrogens is 1060 g/mol. The standard InChI is InChI=1S/C7H12NO.C2H3.5W/c1-5-8(6-9)7(2,3)4;1-2;;;;;/h1-4H3;1H3;;;;;/q2*-1;;;;;.